The standard InChI is InChI=1S/C34H30OSi/c1-6-16-28(17-7-1)33-26-27-36(31-22-12-4-13-23-31,32-24-14-5-15-25-32)35-34(33,29-18-8-2-9-19-29)30-20-10-3-11-21-30/h1-25,33H,26-27H2. The predicted molar refractivity (Wildman–Crippen MR) is 151 cm³/mol. The average molecular weight is 483 g/mol. The molecule has 0 N–H and O–H groups in total. The largest absolute Gasteiger partial charge is 0.394 e. The van der Waals surface area contributed by atoms with Crippen LogP contribution >= 0.6 is 0 Å². The first-order valence-corrected chi connectivity index (χ1v) is 14.9. The normalized spacial score (nSPS) is 18.4. The van der Waals surface area contributed by atoms with E-state index in [1.165, 1.54) is 27.1 Å². The molecule has 1 nitrogen and oxygen atoms in total. The third-order valence-corrected chi connectivity index (χ3v) is 11.9. The van der Waals surface area contributed by atoms with Crippen LogP contribution in [0.1, 0.15) is 29.0 Å². The molecule has 0 aliphatic carbocycles. The van der Waals surface area contributed by atoms with Crippen LogP contribution in [0, 0.1) is 0 Å². The van der Waals surface area contributed by atoms with Crippen molar-refractivity contribution in [1.29, 1.82) is 0 Å². The SMILES string of the molecule is c1ccc(C2CC[Si](c3ccccc3)(c3ccccc3)OC2(c2ccccc2)c2ccccc2)cc1. The van der Waals surface area contributed by atoms with Crippen molar-refractivity contribution in [3.05, 3.63) is 168 Å². The third kappa shape index (κ3) is 3.83. The highest BCUT2D eigenvalue weighted by molar-refractivity contribution is 6.97. The van der Waals surface area contributed by atoms with Gasteiger partial charge in [0.05, 0.1) is 0 Å². The van der Waals surface area contributed by atoms with E-state index < -0.39 is 13.9 Å². The molecule has 0 radical (unpaired) electrons. The molecule has 1 unspecified atom stereocenters. The highest BCUT2D eigenvalue weighted by Crippen LogP contribution is 2.53. The van der Waals surface area contributed by atoms with E-state index in [2.05, 4.69) is 152 Å². The topological polar surface area (TPSA) is 9.23 Å². The van der Waals surface area contributed by atoms with E-state index in [9.17, 15) is 0 Å². The maximum absolute atomic E-state index is 7.91. The van der Waals surface area contributed by atoms with E-state index >= 15 is 0 Å². The molecule has 176 valence electrons. The van der Waals surface area contributed by atoms with Crippen LogP contribution in [-0.2, 0) is 10.0 Å². The Bertz CT molecular complexity index is 1310. The molecule has 0 amide bonds. The van der Waals surface area contributed by atoms with Crippen LogP contribution in [0.25, 0.3) is 0 Å². The number of hydrogen-bond acceptors (Lipinski definition) is 1. The fourth-order valence-corrected chi connectivity index (χ4v) is 10.4. The molecule has 0 saturated carbocycles. The van der Waals surface area contributed by atoms with Gasteiger partial charge >= 0.3 is 0 Å². The molecule has 5 aromatic carbocycles. The summed E-state index contributed by atoms with van der Waals surface area (Å²) in [6.45, 7) is 0. The Kier molecular flexibility index (Phi) is 6.14. The Morgan fingerprint density at radius 1 is 0.500 bits per heavy atom. The Hall–Kier alpha value is -3.72. The van der Waals surface area contributed by atoms with Crippen molar-refractivity contribution in [3.63, 3.8) is 0 Å². The lowest BCUT2D eigenvalue weighted by molar-refractivity contribution is 0.0532. The van der Waals surface area contributed by atoms with E-state index in [0.717, 1.165) is 12.5 Å². The summed E-state index contributed by atoms with van der Waals surface area (Å²) in [7, 11) is -2.61. The lowest BCUT2D eigenvalue weighted by Crippen LogP contribution is -2.67. The van der Waals surface area contributed by atoms with Crippen LogP contribution in [0.5, 0.6) is 0 Å². The molecular formula is C34H30OSi. The Labute approximate surface area is 215 Å². The fourth-order valence-electron chi connectivity index (χ4n) is 6.08. The molecule has 36 heavy (non-hydrogen) atoms. The third-order valence-electron chi connectivity index (χ3n) is 7.70. The van der Waals surface area contributed by atoms with Crippen molar-refractivity contribution in [3.8, 4) is 0 Å². The summed E-state index contributed by atoms with van der Waals surface area (Å²) in [4.78, 5) is 0. The second-order valence-corrected chi connectivity index (χ2v) is 13.1. The zero-order chi connectivity index (χ0) is 24.3. The minimum atomic E-state index is -2.61. The van der Waals surface area contributed by atoms with E-state index in [-0.39, 0.29) is 5.92 Å². The minimum Gasteiger partial charge on any atom is -0.394 e. The highest BCUT2D eigenvalue weighted by Gasteiger charge is 2.56. The van der Waals surface area contributed by atoms with E-state index in [1.54, 1.807) is 0 Å². The maximum Gasteiger partial charge on any atom is 0.257 e. The van der Waals surface area contributed by atoms with Gasteiger partial charge in [-0.3, -0.25) is 0 Å². The second kappa shape index (κ2) is 9.73. The van der Waals surface area contributed by atoms with Gasteiger partial charge in [0.25, 0.3) is 8.32 Å². The molecule has 1 saturated heterocycles. The smallest absolute Gasteiger partial charge is 0.257 e. The lowest BCUT2D eigenvalue weighted by atomic mass is 9.71. The van der Waals surface area contributed by atoms with Crippen LogP contribution in [0.4, 0.5) is 0 Å². The van der Waals surface area contributed by atoms with Gasteiger partial charge in [-0.1, -0.05) is 152 Å². The van der Waals surface area contributed by atoms with Crippen molar-refractivity contribution in [2.45, 2.75) is 24.0 Å². The van der Waals surface area contributed by atoms with Gasteiger partial charge < -0.3 is 4.43 Å². The van der Waals surface area contributed by atoms with Crippen LogP contribution in [-0.4, -0.2) is 8.32 Å². The summed E-state index contributed by atoms with van der Waals surface area (Å²) >= 11 is 0. The van der Waals surface area contributed by atoms with Gasteiger partial charge in [0.15, 0.2) is 0 Å². The first-order valence-electron chi connectivity index (χ1n) is 12.8. The van der Waals surface area contributed by atoms with Crippen LogP contribution in [0.2, 0.25) is 6.04 Å². The molecule has 2 heteroatoms. The quantitative estimate of drug-likeness (QED) is 0.248. The Balaban J connectivity index is 1.66. The summed E-state index contributed by atoms with van der Waals surface area (Å²) < 4.78 is 7.91. The van der Waals surface area contributed by atoms with Gasteiger partial charge in [-0.15, -0.1) is 0 Å². The Morgan fingerprint density at radius 3 is 1.33 bits per heavy atom. The van der Waals surface area contributed by atoms with Gasteiger partial charge in [-0.05, 0) is 39.5 Å². The number of rotatable bonds is 5. The van der Waals surface area contributed by atoms with Gasteiger partial charge in [-0.2, -0.15) is 0 Å². The van der Waals surface area contributed by atoms with Crippen LogP contribution in [0.3, 0.4) is 0 Å². The molecule has 0 bridgehead atoms. The summed E-state index contributed by atoms with van der Waals surface area (Å²) in [5.74, 6) is 0.191. The summed E-state index contributed by atoms with van der Waals surface area (Å²) in [6.07, 6.45) is 1.05. The maximum atomic E-state index is 7.91. The van der Waals surface area contributed by atoms with Gasteiger partial charge in [0.1, 0.15) is 5.60 Å². The zero-order valence-corrected chi connectivity index (χ0v) is 21.3. The molecule has 1 fully saturated rings. The minimum absolute atomic E-state index is 0.191. The summed E-state index contributed by atoms with van der Waals surface area (Å²) in [5.41, 5.74) is 3.15. The van der Waals surface area contributed by atoms with E-state index in [0.29, 0.717) is 0 Å². The average Bonchev–Trinajstić information content (AvgIpc) is 2.99. The monoisotopic (exact) mass is 482 g/mol. The van der Waals surface area contributed by atoms with Crippen molar-refractivity contribution < 1.29 is 4.43 Å². The number of benzene rings is 5. The lowest BCUT2D eigenvalue weighted by Gasteiger charge is -2.53. The van der Waals surface area contributed by atoms with Crippen molar-refractivity contribution in [2.24, 2.45) is 0 Å². The first kappa shape index (κ1) is 22.7. The second-order valence-electron chi connectivity index (χ2n) is 9.63. The first-order chi connectivity index (χ1) is 17.8. The summed E-state index contributed by atoms with van der Waals surface area (Å²) in [6, 6.07) is 55.8. The Morgan fingerprint density at radius 2 is 0.889 bits per heavy atom. The summed E-state index contributed by atoms with van der Waals surface area (Å²) in [5, 5.41) is 2.66. The van der Waals surface area contributed by atoms with Crippen molar-refractivity contribution in [2.75, 3.05) is 0 Å². The van der Waals surface area contributed by atoms with E-state index in [1.807, 2.05) is 0 Å². The number of hydrogen-bond donors (Lipinski definition) is 0. The van der Waals surface area contributed by atoms with E-state index in [4.69, 9.17) is 4.43 Å². The molecule has 1 atom stereocenters. The zero-order valence-electron chi connectivity index (χ0n) is 20.3. The molecular weight excluding hydrogens is 452 g/mol. The van der Waals surface area contributed by atoms with Crippen LogP contribution < -0.4 is 10.4 Å². The van der Waals surface area contributed by atoms with Gasteiger partial charge in [0.2, 0.25) is 0 Å². The fraction of sp³-hybridized carbons (Fsp3) is 0.118. The molecule has 1 heterocycles. The molecule has 0 spiro atoms. The highest BCUT2D eigenvalue weighted by atomic mass is 28.4. The predicted octanol–water partition coefficient (Wildman–Crippen LogP) is 6.89. The molecule has 0 aromatic heterocycles. The molecule has 5 aromatic rings. The van der Waals surface area contributed by atoms with Gasteiger partial charge in [-0.25, -0.2) is 0 Å². The molecule has 6 rings (SSSR count). The van der Waals surface area contributed by atoms with Gasteiger partial charge in [0, 0.05) is 5.92 Å². The van der Waals surface area contributed by atoms with Crippen LogP contribution in [0.15, 0.2) is 152 Å². The molecule has 1 aliphatic heterocycles. The molecule has 1 aliphatic rings. The van der Waals surface area contributed by atoms with Crippen molar-refractivity contribution in [1.82, 2.24) is 0 Å². The van der Waals surface area contributed by atoms with Crippen molar-refractivity contribution >= 4 is 18.7 Å².